The van der Waals surface area contributed by atoms with Gasteiger partial charge in [-0.05, 0) is 53.9 Å². The normalized spacial score (nSPS) is 11.1. The van der Waals surface area contributed by atoms with Gasteiger partial charge in [0.25, 0.3) is 0 Å². The van der Waals surface area contributed by atoms with Crippen molar-refractivity contribution in [3.8, 4) is 5.69 Å². The van der Waals surface area contributed by atoms with Crippen molar-refractivity contribution in [2.24, 2.45) is 5.73 Å². The molecule has 0 aliphatic heterocycles. The highest BCUT2D eigenvalue weighted by Crippen LogP contribution is 2.22. The van der Waals surface area contributed by atoms with Crippen LogP contribution in [0, 0.1) is 0 Å². The van der Waals surface area contributed by atoms with Gasteiger partial charge in [-0.25, -0.2) is 4.68 Å². The van der Waals surface area contributed by atoms with Crippen molar-refractivity contribution >= 4 is 26.8 Å². The summed E-state index contributed by atoms with van der Waals surface area (Å²) in [6, 6.07) is 8.09. The molecule has 0 saturated heterocycles. The second-order valence-corrected chi connectivity index (χ2v) is 5.82. The summed E-state index contributed by atoms with van der Waals surface area (Å²) < 4.78 is 2.76. The summed E-state index contributed by atoms with van der Waals surface area (Å²) in [7, 11) is 0. The molecule has 3 aromatic rings. The van der Waals surface area contributed by atoms with Crippen molar-refractivity contribution in [1.29, 1.82) is 0 Å². The second-order valence-electron chi connectivity index (χ2n) is 4.90. The smallest absolute Gasteiger partial charge is 0.0960 e. The third kappa shape index (κ3) is 3.11. The molecule has 0 aliphatic carbocycles. The van der Waals surface area contributed by atoms with Crippen LogP contribution in [0.25, 0.3) is 16.6 Å². The van der Waals surface area contributed by atoms with E-state index < -0.39 is 0 Å². The molecule has 0 aliphatic rings. The Kier molecular flexibility index (Phi) is 4.26. The van der Waals surface area contributed by atoms with Crippen molar-refractivity contribution in [2.45, 2.75) is 19.3 Å². The zero-order valence-electron chi connectivity index (χ0n) is 11.5. The van der Waals surface area contributed by atoms with Gasteiger partial charge in [0.1, 0.15) is 0 Å². The van der Waals surface area contributed by atoms with Gasteiger partial charge >= 0.3 is 0 Å². The summed E-state index contributed by atoms with van der Waals surface area (Å²) in [6.07, 6.45) is 6.72. The Morgan fingerprint density at radius 3 is 3.00 bits per heavy atom. The van der Waals surface area contributed by atoms with Crippen LogP contribution in [-0.2, 0) is 6.42 Å². The third-order valence-electron chi connectivity index (χ3n) is 3.33. The molecule has 1 aromatic carbocycles. The summed E-state index contributed by atoms with van der Waals surface area (Å²) in [5.41, 5.74) is 8.35. The van der Waals surface area contributed by atoms with E-state index in [4.69, 9.17) is 5.73 Å². The van der Waals surface area contributed by atoms with Crippen molar-refractivity contribution in [1.82, 2.24) is 20.0 Å². The number of para-hydroxylation sites is 1. The van der Waals surface area contributed by atoms with Crippen LogP contribution < -0.4 is 5.73 Å². The zero-order chi connectivity index (χ0) is 14.7. The van der Waals surface area contributed by atoms with Gasteiger partial charge < -0.3 is 5.73 Å². The van der Waals surface area contributed by atoms with Gasteiger partial charge in [-0.15, -0.1) is 5.10 Å². The summed E-state index contributed by atoms with van der Waals surface area (Å²) in [6.45, 7) is 0.719. The molecule has 0 saturated carbocycles. The number of nitrogens with zero attached hydrogens (tertiary/aromatic N) is 4. The van der Waals surface area contributed by atoms with Gasteiger partial charge in [0.2, 0.25) is 0 Å². The number of nitrogens with two attached hydrogens (primary N) is 1. The van der Waals surface area contributed by atoms with Crippen LogP contribution in [0.4, 0.5) is 0 Å². The minimum atomic E-state index is 0.719. The standard InChI is InChI=1S/C15H16BrN5/c16-12-8-11-4-3-6-14(15(11)18-9-12)21-10-13(19-20-21)5-1-2-7-17/h3-4,6,8-10H,1-2,5,7,17H2. The first-order chi connectivity index (χ1) is 10.3. The number of halogens is 1. The van der Waals surface area contributed by atoms with Crippen LogP contribution in [0.15, 0.2) is 41.1 Å². The first-order valence-corrected chi connectivity index (χ1v) is 7.73. The van der Waals surface area contributed by atoms with Gasteiger partial charge in [0, 0.05) is 16.1 Å². The molecule has 0 unspecified atom stereocenters. The summed E-state index contributed by atoms with van der Waals surface area (Å²) in [5, 5.41) is 9.52. The van der Waals surface area contributed by atoms with E-state index in [1.54, 1.807) is 10.9 Å². The van der Waals surface area contributed by atoms with Gasteiger partial charge in [-0.3, -0.25) is 4.98 Å². The SMILES string of the molecule is NCCCCc1cn(-c2cccc3cc(Br)cnc23)nn1. The molecule has 6 heteroatoms. The van der Waals surface area contributed by atoms with E-state index in [2.05, 4.69) is 31.2 Å². The average Bonchev–Trinajstić information content (AvgIpc) is 2.95. The van der Waals surface area contributed by atoms with Crippen LogP contribution in [0.3, 0.4) is 0 Å². The molecule has 0 amide bonds. The molecule has 2 heterocycles. The first-order valence-electron chi connectivity index (χ1n) is 6.94. The Labute approximate surface area is 131 Å². The molecule has 108 valence electrons. The zero-order valence-corrected chi connectivity index (χ0v) is 13.1. The maximum absolute atomic E-state index is 5.51. The van der Waals surface area contributed by atoms with E-state index in [9.17, 15) is 0 Å². The lowest BCUT2D eigenvalue weighted by atomic mass is 10.2. The van der Waals surface area contributed by atoms with Crippen LogP contribution >= 0.6 is 15.9 Å². The number of fused-ring (bicyclic) bond motifs is 1. The number of aromatic nitrogens is 4. The van der Waals surface area contributed by atoms with E-state index in [0.717, 1.165) is 52.6 Å². The molecule has 0 atom stereocenters. The summed E-state index contributed by atoms with van der Waals surface area (Å²) >= 11 is 3.45. The number of pyridine rings is 1. The van der Waals surface area contributed by atoms with Crippen molar-refractivity contribution < 1.29 is 0 Å². The Morgan fingerprint density at radius 1 is 1.24 bits per heavy atom. The number of unbranched alkanes of at least 4 members (excludes halogenated alkanes) is 1. The minimum Gasteiger partial charge on any atom is -0.330 e. The fourth-order valence-electron chi connectivity index (χ4n) is 2.28. The lowest BCUT2D eigenvalue weighted by Gasteiger charge is -2.05. The van der Waals surface area contributed by atoms with Crippen molar-refractivity contribution in [2.75, 3.05) is 6.54 Å². The van der Waals surface area contributed by atoms with E-state index in [-0.39, 0.29) is 0 Å². The molecule has 2 N–H and O–H groups in total. The van der Waals surface area contributed by atoms with E-state index in [0.29, 0.717) is 0 Å². The fourth-order valence-corrected chi connectivity index (χ4v) is 2.63. The van der Waals surface area contributed by atoms with Gasteiger partial charge in [-0.2, -0.15) is 0 Å². The predicted molar refractivity (Wildman–Crippen MR) is 86.4 cm³/mol. The number of hydrogen-bond donors (Lipinski definition) is 1. The molecule has 21 heavy (non-hydrogen) atoms. The van der Waals surface area contributed by atoms with Crippen LogP contribution in [0.5, 0.6) is 0 Å². The fraction of sp³-hybridized carbons (Fsp3) is 0.267. The molecule has 3 rings (SSSR count). The van der Waals surface area contributed by atoms with Crippen LogP contribution in [0.1, 0.15) is 18.5 Å². The van der Waals surface area contributed by atoms with E-state index in [1.807, 2.05) is 30.5 Å². The number of rotatable bonds is 5. The van der Waals surface area contributed by atoms with Gasteiger partial charge in [0.15, 0.2) is 0 Å². The third-order valence-corrected chi connectivity index (χ3v) is 3.76. The largest absolute Gasteiger partial charge is 0.330 e. The molecule has 0 spiro atoms. The lowest BCUT2D eigenvalue weighted by Crippen LogP contribution is -1.99. The molecular formula is C15H16BrN5. The molecule has 2 aromatic heterocycles. The van der Waals surface area contributed by atoms with E-state index in [1.165, 1.54) is 0 Å². The molecule has 0 fully saturated rings. The number of hydrogen-bond acceptors (Lipinski definition) is 4. The molecule has 0 radical (unpaired) electrons. The molecular weight excluding hydrogens is 330 g/mol. The average molecular weight is 346 g/mol. The minimum absolute atomic E-state index is 0.719. The first kappa shape index (κ1) is 14.2. The van der Waals surface area contributed by atoms with Crippen molar-refractivity contribution in [3.63, 3.8) is 0 Å². The Bertz CT molecular complexity index is 753. The quantitative estimate of drug-likeness (QED) is 0.722. The second kappa shape index (κ2) is 6.32. The van der Waals surface area contributed by atoms with Crippen molar-refractivity contribution in [3.05, 3.63) is 46.8 Å². The summed E-state index contributed by atoms with van der Waals surface area (Å²) in [4.78, 5) is 4.49. The predicted octanol–water partition coefficient (Wildman–Crippen LogP) is 2.86. The monoisotopic (exact) mass is 345 g/mol. The Morgan fingerprint density at radius 2 is 2.14 bits per heavy atom. The van der Waals surface area contributed by atoms with Gasteiger partial charge in [-0.1, -0.05) is 17.3 Å². The highest BCUT2D eigenvalue weighted by atomic mass is 79.9. The van der Waals surface area contributed by atoms with E-state index >= 15 is 0 Å². The summed E-state index contributed by atoms with van der Waals surface area (Å²) in [5.74, 6) is 0. The van der Waals surface area contributed by atoms with Crippen LogP contribution in [-0.4, -0.2) is 26.5 Å². The maximum atomic E-state index is 5.51. The Hall–Kier alpha value is -1.79. The number of benzene rings is 1. The topological polar surface area (TPSA) is 69.6 Å². The highest BCUT2D eigenvalue weighted by Gasteiger charge is 2.08. The molecule has 0 bridgehead atoms. The molecule has 5 nitrogen and oxygen atoms in total. The Balaban J connectivity index is 1.93. The number of aryl methyl sites for hydroxylation is 1. The maximum Gasteiger partial charge on any atom is 0.0960 e. The highest BCUT2D eigenvalue weighted by molar-refractivity contribution is 9.10. The van der Waals surface area contributed by atoms with Crippen LogP contribution in [0.2, 0.25) is 0 Å². The lowest BCUT2D eigenvalue weighted by molar-refractivity contribution is 0.727. The van der Waals surface area contributed by atoms with Gasteiger partial charge in [0.05, 0.1) is 23.1 Å².